The molecule has 1 aliphatic rings. The molecule has 1 N–H and O–H groups in total. The van der Waals surface area contributed by atoms with Crippen LogP contribution in [-0.4, -0.2) is 36.3 Å². The number of hydrogen-bond donors (Lipinski definition) is 1. The van der Waals surface area contributed by atoms with Gasteiger partial charge in [0.1, 0.15) is 0 Å². The summed E-state index contributed by atoms with van der Waals surface area (Å²) in [5.41, 5.74) is 2.04. The second-order valence-corrected chi connectivity index (χ2v) is 7.31. The first-order valence-corrected chi connectivity index (χ1v) is 9.79. The number of amides is 2. The molecule has 1 aliphatic heterocycles. The van der Waals surface area contributed by atoms with E-state index in [1.807, 2.05) is 21.7 Å². The lowest BCUT2D eigenvalue weighted by atomic mass is 9.90. The normalized spacial score (nSPS) is 15.1. The van der Waals surface area contributed by atoms with Gasteiger partial charge in [0, 0.05) is 37.0 Å². The molecule has 4 nitrogen and oxygen atoms in total. The lowest BCUT2D eigenvalue weighted by molar-refractivity contribution is -0.132. The molecule has 0 radical (unpaired) electrons. The van der Waals surface area contributed by atoms with Crippen LogP contribution in [-0.2, 0) is 11.2 Å². The largest absolute Gasteiger partial charge is 0.351 e. The van der Waals surface area contributed by atoms with E-state index in [9.17, 15) is 9.59 Å². The maximum absolute atomic E-state index is 12.3. The molecule has 2 heterocycles. The molecule has 2 amide bonds. The van der Waals surface area contributed by atoms with Gasteiger partial charge in [-0.1, -0.05) is 30.3 Å². The molecule has 25 heavy (non-hydrogen) atoms. The van der Waals surface area contributed by atoms with Crippen LogP contribution in [0, 0.1) is 5.92 Å². The van der Waals surface area contributed by atoms with E-state index in [1.54, 1.807) is 6.07 Å². The number of carbonyl (C=O) groups excluding carboxylic acids is 2. The Balaban J connectivity index is 1.36. The fraction of sp³-hybridized carbons (Fsp3) is 0.400. The quantitative estimate of drug-likeness (QED) is 0.863. The summed E-state index contributed by atoms with van der Waals surface area (Å²) in [5, 5.41) is 6.51. The summed E-state index contributed by atoms with van der Waals surface area (Å²) in [7, 11) is 0. The van der Waals surface area contributed by atoms with Gasteiger partial charge >= 0.3 is 0 Å². The van der Waals surface area contributed by atoms with Gasteiger partial charge in [0.15, 0.2) is 0 Å². The van der Waals surface area contributed by atoms with E-state index in [2.05, 4.69) is 29.6 Å². The number of rotatable bonds is 6. The van der Waals surface area contributed by atoms with E-state index in [0.29, 0.717) is 24.4 Å². The van der Waals surface area contributed by atoms with Crippen molar-refractivity contribution >= 4 is 23.2 Å². The zero-order valence-electron chi connectivity index (χ0n) is 14.3. The molecule has 0 bridgehead atoms. The number of carbonyl (C=O) groups is 2. The second kappa shape index (κ2) is 8.81. The minimum atomic E-state index is -0.101. The predicted molar refractivity (Wildman–Crippen MR) is 101 cm³/mol. The van der Waals surface area contributed by atoms with Gasteiger partial charge < -0.3 is 10.2 Å². The lowest BCUT2D eigenvalue weighted by Crippen LogP contribution is -2.40. The van der Waals surface area contributed by atoms with E-state index in [1.165, 1.54) is 16.9 Å². The maximum atomic E-state index is 12.3. The van der Waals surface area contributed by atoms with Crippen LogP contribution in [0.3, 0.4) is 0 Å². The van der Waals surface area contributed by atoms with Crippen molar-refractivity contribution in [3.63, 3.8) is 0 Å². The van der Waals surface area contributed by atoms with Crippen LogP contribution in [0.1, 0.15) is 35.2 Å². The summed E-state index contributed by atoms with van der Waals surface area (Å²) in [4.78, 5) is 26.1. The SMILES string of the molecule is O=C(NCCC(=O)N1CCC(Cc2ccccc2)CC1)c1ccsc1. The third kappa shape index (κ3) is 5.16. The Morgan fingerprint density at radius 1 is 1.12 bits per heavy atom. The fourth-order valence-corrected chi connectivity index (χ4v) is 3.91. The van der Waals surface area contributed by atoms with Gasteiger partial charge in [0.25, 0.3) is 5.91 Å². The van der Waals surface area contributed by atoms with Gasteiger partial charge in [0.2, 0.25) is 5.91 Å². The predicted octanol–water partition coefficient (Wildman–Crippen LogP) is 3.35. The van der Waals surface area contributed by atoms with Crippen molar-refractivity contribution in [1.29, 1.82) is 0 Å². The Kier molecular flexibility index (Phi) is 6.23. The molecule has 1 aromatic heterocycles. The van der Waals surface area contributed by atoms with Crippen LogP contribution in [0.2, 0.25) is 0 Å². The van der Waals surface area contributed by atoms with Crippen LogP contribution in [0.5, 0.6) is 0 Å². The molecule has 0 saturated carbocycles. The molecule has 1 fully saturated rings. The van der Waals surface area contributed by atoms with Crippen LogP contribution in [0.4, 0.5) is 0 Å². The van der Waals surface area contributed by atoms with Crippen LogP contribution in [0.15, 0.2) is 47.2 Å². The van der Waals surface area contributed by atoms with Gasteiger partial charge in [-0.05, 0) is 42.2 Å². The molecular formula is C20H24N2O2S. The fourth-order valence-electron chi connectivity index (χ4n) is 3.27. The topological polar surface area (TPSA) is 49.4 Å². The first kappa shape index (κ1) is 17.7. The van der Waals surface area contributed by atoms with E-state index in [-0.39, 0.29) is 11.8 Å². The summed E-state index contributed by atoms with van der Waals surface area (Å²) < 4.78 is 0. The number of benzene rings is 1. The van der Waals surface area contributed by atoms with Crippen molar-refractivity contribution in [2.45, 2.75) is 25.7 Å². The standard InChI is InChI=1S/C20H24N2O2S/c23-19(6-10-21-20(24)18-9-13-25-15-18)22-11-7-17(8-12-22)14-16-4-2-1-3-5-16/h1-5,9,13,15,17H,6-8,10-12,14H2,(H,21,24). The molecule has 2 aromatic rings. The van der Waals surface area contributed by atoms with Gasteiger partial charge in [-0.15, -0.1) is 0 Å². The van der Waals surface area contributed by atoms with Crippen LogP contribution in [0.25, 0.3) is 0 Å². The highest BCUT2D eigenvalue weighted by atomic mass is 32.1. The molecule has 0 aliphatic carbocycles. The number of piperidine rings is 1. The average molecular weight is 356 g/mol. The number of hydrogen-bond acceptors (Lipinski definition) is 3. The Morgan fingerprint density at radius 2 is 1.88 bits per heavy atom. The summed E-state index contributed by atoms with van der Waals surface area (Å²) >= 11 is 1.50. The zero-order valence-corrected chi connectivity index (χ0v) is 15.1. The lowest BCUT2D eigenvalue weighted by Gasteiger charge is -2.32. The van der Waals surface area contributed by atoms with Crippen molar-refractivity contribution in [2.75, 3.05) is 19.6 Å². The van der Waals surface area contributed by atoms with Gasteiger partial charge in [0.05, 0.1) is 0 Å². The summed E-state index contributed by atoms with van der Waals surface area (Å²) in [6, 6.07) is 12.3. The number of nitrogens with one attached hydrogen (secondary N) is 1. The first-order chi connectivity index (χ1) is 12.2. The van der Waals surface area contributed by atoms with Gasteiger partial charge in [-0.25, -0.2) is 0 Å². The number of likely N-dealkylation sites (tertiary alicyclic amines) is 1. The molecule has 5 heteroatoms. The molecule has 1 aromatic carbocycles. The monoisotopic (exact) mass is 356 g/mol. The zero-order chi connectivity index (χ0) is 17.5. The molecular weight excluding hydrogens is 332 g/mol. The summed E-state index contributed by atoms with van der Waals surface area (Å²) in [6.07, 6.45) is 3.59. The van der Waals surface area contributed by atoms with E-state index >= 15 is 0 Å². The third-order valence-corrected chi connectivity index (χ3v) is 5.43. The number of nitrogens with zero attached hydrogens (tertiary/aromatic N) is 1. The molecule has 0 atom stereocenters. The molecule has 0 spiro atoms. The van der Waals surface area contributed by atoms with E-state index in [4.69, 9.17) is 0 Å². The molecule has 3 rings (SSSR count). The molecule has 0 unspecified atom stereocenters. The Labute approximate surface area is 152 Å². The van der Waals surface area contributed by atoms with Gasteiger partial charge in [-0.3, -0.25) is 9.59 Å². The Morgan fingerprint density at radius 3 is 2.56 bits per heavy atom. The van der Waals surface area contributed by atoms with Crippen molar-refractivity contribution in [2.24, 2.45) is 5.92 Å². The maximum Gasteiger partial charge on any atom is 0.252 e. The highest BCUT2D eigenvalue weighted by Crippen LogP contribution is 2.22. The average Bonchev–Trinajstić information content (AvgIpc) is 3.18. The smallest absolute Gasteiger partial charge is 0.252 e. The van der Waals surface area contributed by atoms with Crippen LogP contribution < -0.4 is 5.32 Å². The van der Waals surface area contributed by atoms with Crippen LogP contribution >= 0.6 is 11.3 Å². The molecule has 132 valence electrons. The van der Waals surface area contributed by atoms with Crippen molar-refractivity contribution in [3.8, 4) is 0 Å². The highest BCUT2D eigenvalue weighted by molar-refractivity contribution is 7.08. The third-order valence-electron chi connectivity index (χ3n) is 4.74. The minimum absolute atomic E-state index is 0.101. The van der Waals surface area contributed by atoms with Crippen molar-refractivity contribution in [3.05, 3.63) is 58.3 Å². The Bertz CT molecular complexity index is 677. The summed E-state index contributed by atoms with van der Waals surface area (Å²) in [5.74, 6) is 0.698. The van der Waals surface area contributed by atoms with Crippen molar-refractivity contribution < 1.29 is 9.59 Å². The number of thiophene rings is 1. The summed E-state index contributed by atoms with van der Waals surface area (Å²) in [6.45, 7) is 2.06. The second-order valence-electron chi connectivity index (χ2n) is 6.53. The van der Waals surface area contributed by atoms with E-state index < -0.39 is 0 Å². The highest BCUT2D eigenvalue weighted by Gasteiger charge is 2.22. The van der Waals surface area contributed by atoms with Gasteiger partial charge in [-0.2, -0.15) is 11.3 Å². The minimum Gasteiger partial charge on any atom is -0.351 e. The van der Waals surface area contributed by atoms with Crippen molar-refractivity contribution in [1.82, 2.24) is 10.2 Å². The molecule has 1 saturated heterocycles. The first-order valence-electron chi connectivity index (χ1n) is 8.84. The van der Waals surface area contributed by atoms with E-state index in [0.717, 1.165) is 32.4 Å². The Hall–Kier alpha value is -2.14.